The minimum Gasteiger partial charge on any atom is -0.383 e. The Kier molecular flexibility index (Phi) is 26.0. The average Bonchev–Trinajstić information content (AvgIpc) is 2.22. The first kappa shape index (κ1) is 19.5. The third-order valence-electron chi connectivity index (χ3n) is 1.53. The SMILES string of the molecule is CC.CC.CN[C@H](COC)CC(C)C. The molecule has 0 aromatic heterocycles. The zero-order chi connectivity index (χ0) is 12.0. The highest BCUT2D eigenvalue weighted by Crippen LogP contribution is 2.03. The molecule has 2 nitrogen and oxygen atoms in total. The Balaban J connectivity index is -0.000000266. The van der Waals surface area contributed by atoms with Crippen molar-refractivity contribution in [3.8, 4) is 0 Å². The molecule has 0 aromatic carbocycles. The molecule has 0 amide bonds. The lowest BCUT2D eigenvalue weighted by molar-refractivity contribution is 0.160. The molecule has 14 heavy (non-hydrogen) atoms. The summed E-state index contributed by atoms with van der Waals surface area (Å²) in [4.78, 5) is 0. The van der Waals surface area contributed by atoms with Crippen molar-refractivity contribution in [2.45, 2.75) is 54.0 Å². The topological polar surface area (TPSA) is 21.3 Å². The quantitative estimate of drug-likeness (QED) is 0.743. The number of methoxy groups -OCH3 is 1. The van der Waals surface area contributed by atoms with E-state index in [0.29, 0.717) is 6.04 Å². The summed E-state index contributed by atoms with van der Waals surface area (Å²) >= 11 is 0. The van der Waals surface area contributed by atoms with Gasteiger partial charge in [-0.1, -0.05) is 41.5 Å². The van der Waals surface area contributed by atoms with Gasteiger partial charge < -0.3 is 10.1 Å². The van der Waals surface area contributed by atoms with Gasteiger partial charge in [0.05, 0.1) is 6.61 Å². The van der Waals surface area contributed by atoms with Crippen LogP contribution in [-0.2, 0) is 4.74 Å². The molecule has 90 valence electrons. The first-order chi connectivity index (χ1) is 6.70. The Bertz CT molecular complexity index is 74.7. The Hall–Kier alpha value is -0.0800. The summed E-state index contributed by atoms with van der Waals surface area (Å²) in [5.41, 5.74) is 0. The normalized spacial score (nSPS) is 10.9. The predicted molar refractivity (Wildman–Crippen MR) is 66.9 cm³/mol. The fourth-order valence-corrected chi connectivity index (χ4v) is 1.04. The second-order valence-corrected chi connectivity index (χ2v) is 3.07. The van der Waals surface area contributed by atoms with E-state index in [1.807, 2.05) is 34.7 Å². The fourth-order valence-electron chi connectivity index (χ4n) is 1.04. The van der Waals surface area contributed by atoms with Gasteiger partial charge in [0, 0.05) is 13.2 Å². The zero-order valence-corrected chi connectivity index (χ0v) is 11.5. The lowest BCUT2D eigenvalue weighted by Crippen LogP contribution is -2.31. The van der Waals surface area contributed by atoms with E-state index in [1.54, 1.807) is 7.11 Å². The highest BCUT2D eigenvalue weighted by Gasteiger charge is 2.06. The first-order valence-electron chi connectivity index (χ1n) is 5.87. The van der Waals surface area contributed by atoms with Crippen LogP contribution in [0.1, 0.15) is 48.0 Å². The summed E-state index contributed by atoms with van der Waals surface area (Å²) < 4.78 is 5.03. The standard InChI is InChI=1S/C8H19NO.2C2H6/c1-7(2)5-8(9-3)6-10-4;2*1-2/h7-9H,5-6H2,1-4H3;2*1-2H3/t8-;;/m0../s1. The molecule has 0 fully saturated rings. The molecule has 0 rings (SSSR count). The van der Waals surface area contributed by atoms with E-state index in [-0.39, 0.29) is 0 Å². The van der Waals surface area contributed by atoms with Crippen molar-refractivity contribution in [1.82, 2.24) is 5.32 Å². The third kappa shape index (κ3) is 17.9. The van der Waals surface area contributed by atoms with Crippen LogP contribution in [0.3, 0.4) is 0 Å². The smallest absolute Gasteiger partial charge is 0.0615 e. The molecule has 0 saturated carbocycles. The van der Waals surface area contributed by atoms with Crippen molar-refractivity contribution in [3.63, 3.8) is 0 Å². The highest BCUT2D eigenvalue weighted by atomic mass is 16.5. The summed E-state index contributed by atoms with van der Waals surface area (Å²) in [5, 5.41) is 3.21. The maximum Gasteiger partial charge on any atom is 0.0615 e. The summed E-state index contributed by atoms with van der Waals surface area (Å²) in [5.74, 6) is 0.743. The van der Waals surface area contributed by atoms with E-state index in [4.69, 9.17) is 4.74 Å². The Morgan fingerprint density at radius 3 is 1.71 bits per heavy atom. The maximum absolute atomic E-state index is 5.03. The van der Waals surface area contributed by atoms with E-state index in [9.17, 15) is 0 Å². The van der Waals surface area contributed by atoms with E-state index in [2.05, 4.69) is 19.2 Å². The van der Waals surface area contributed by atoms with Crippen LogP contribution >= 0.6 is 0 Å². The molecule has 0 aliphatic carbocycles. The average molecular weight is 205 g/mol. The van der Waals surface area contributed by atoms with Gasteiger partial charge in [0.2, 0.25) is 0 Å². The molecule has 0 aliphatic heterocycles. The molecule has 0 aliphatic rings. The molecule has 2 heteroatoms. The largest absolute Gasteiger partial charge is 0.383 e. The number of rotatable bonds is 5. The molecule has 0 aromatic rings. The minimum atomic E-state index is 0.519. The van der Waals surface area contributed by atoms with Crippen LogP contribution in [0.2, 0.25) is 0 Å². The number of hydrogen-bond acceptors (Lipinski definition) is 2. The number of ether oxygens (including phenoxy) is 1. The second-order valence-electron chi connectivity index (χ2n) is 3.07. The second kappa shape index (κ2) is 18.7. The van der Waals surface area contributed by atoms with Gasteiger partial charge in [-0.25, -0.2) is 0 Å². The predicted octanol–water partition coefficient (Wildman–Crippen LogP) is 3.32. The van der Waals surface area contributed by atoms with Crippen LogP contribution in [0, 0.1) is 5.92 Å². The fraction of sp³-hybridized carbons (Fsp3) is 1.00. The van der Waals surface area contributed by atoms with E-state index >= 15 is 0 Å². The summed E-state index contributed by atoms with van der Waals surface area (Å²) in [6.45, 7) is 13.3. The Labute approximate surface area is 91.4 Å². The van der Waals surface area contributed by atoms with Crippen LogP contribution in [0.5, 0.6) is 0 Å². The van der Waals surface area contributed by atoms with Gasteiger partial charge in [-0.15, -0.1) is 0 Å². The van der Waals surface area contributed by atoms with Crippen LogP contribution in [0.15, 0.2) is 0 Å². The molecule has 0 heterocycles. The molecular weight excluding hydrogens is 174 g/mol. The van der Waals surface area contributed by atoms with Crippen LogP contribution in [0.4, 0.5) is 0 Å². The lowest BCUT2D eigenvalue weighted by Gasteiger charge is -2.16. The molecule has 1 atom stereocenters. The van der Waals surface area contributed by atoms with Crippen molar-refractivity contribution >= 4 is 0 Å². The van der Waals surface area contributed by atoms with Gasteiger partial charge in [0.25, 0.3) is 0 Å². The maximum atomic E-state index is 5.03. The Morgan fingerprint density at radius 2 is 1.50 bits per heavy atom. The van der Waals surface area contributed by atoms with Gasteiger partial charge in [-0.2, -0.15) is 0 Å². The van der Waals surface area contributed by atoms with Crippen LogP contribution < -0.4 is 5.32 Å². The number of likely N-dealkylation sites (N-methyl/N-ethyl adjacent to an activating group) is 1. The van der Waals surface area contributed by atoms with Crippen molar-refractivity contribution in [1.29, 1.82) is 0 Å². The van der Waals surface area contributed by atoms with Crippen molar-refractivity contribution < 1.29 is 4.74 Å². The van der Waals surface area contributed by atoms with Gasteiger partial charge in [0.15, 0.2) is 0 Å². The third-order valence-corrected chi connectivity index (χ3v) is 1.53. The molecule has 0 spiro atoms. The Morgan fingerprint density at radius 1 is 1.07 bits per heavy atom. The molecule has 1 N–H and O–H groups in total. The molecule has 0 saturated heterocycles. The van der Waals surface area contributed by atoms with Crippen LogP contribution in [0.25, 0.3) is 0 Å². The number of hydrogen-bond donors (Lipinski definition) is 1. The highest BCUT2D eigenvalue weighted by molar-refractivity contribution is 4.64. The zero-order valence-electron chi connectivity index (χ0n) is 11.5. The van der Waals surface area contributed by atoms with Crippen molar-refractivity contribution in [3.05, 3.63) is 0 Å². The lowest BCUT2D eigenvalue weighted by atomic mass is 10.1. The molecule has 0 bridgehead atoms. The molecular formula is C12H31NO. The first-order valence-corrected chi connectivity index (χ1v) is 5.87. The van der Waals surface area contributed by atoms with E-state index in [0.717, 1.165) is 12.5 Å². The van der Waals surface area contributed by atoms with Gasteiger partial charge in [-0.05, 0) is 19.4 Å². The van der Waals surface area contributed by atoms with Gasteiger partial charge >= 0.3 is 0 Å². The van der Waals surface area contributed by atoms with Gasteiger partial charge in [0.1, 0.15) is 0 Å². The van der Waals surface area contributed by atoms with Gasteiger partial charge in [-0.3, -0.25) is 0 Å². The summed E-state index contributed by atoms with van der Waals surface area (Å²) in [6.07, 6.45) is 1.18. The molecule has 0 unspecified atom stereocenters. The summed E-state index contributed by atoms with van der Waals surface area (Å²) in [7, 11) is 3.72. The summed E-state index contributed by atoms with van der Waals surface area (Å²) in [6, 6.07) is 0.519. The van der Waals surface area contributed by atoms with Crippen LogP contribution in [-0.4, -0.2) is 26.8 Å². The number of nitrogens with one attached hydrogen (secondary N) is 1. The minimum absolute atomic E-state index is 0.519. The van der Waals surface area contributed by atoms with Crippen molar-refractivity contribution in [2.24, 2.45) is 5.92 Å². The van der Waals surface area contributed by atoms with E-state index in [1.165, 1.54) is 6.42 Å². The monoisotopic (exact) mass is 205 g/mol. The molecule has 0 radical (unpaired) electrons. The van der Waals surface area contributed by atoms with E-state index < -0.39 is 0 Å². The van der Waals surface area contributed by atoms with Crippen molar-refractivity contribution in [2.75, 3.05) is 20.8 Å².